The van der Waals surface area contributed by atoms with Gasteiger partial charge < -0.3 is 19.5 Å². The minimum Gasteiger partial charge on any atom is -0.484 e. The number of aryl methyl sites for hydroxylation is 1. The van der Waals surface area contributed by atoms with Gasteiger partial charge in [0.15, 0.2) is 11.7 Å². The molecular weight excluding hydrogens is 476 g/mol. The Morgan fingerprint density at radius 3 is 2.38 bits per heavy atom. The van der Waals surface area contributed by atoms with Crippen molar-refractivity contribution in [2.75, 3.05) is 25.1 Å². The SMILES string of the molecule is CCOC(=O)c1sc(NC(=S)NC(=O)COc2ccc(Cl)c(C)c2)c(C(=O)OCC)c1C. The van der Waals surface area contributed by atoms with Crippen molar-refractivity contribution >= 4 is 63.1 Å². The number of nitrogens with one attached hydrogen (secondary N) is 2. The first-order chi connectivity index (χ1) is 15.2. The molecule has 0 radical (unpaired) electrons. The van der Waals surface area contributed by atoms with Crippen LogP contribution in [0.15, 0.2) is 18.2 Å². The molecule has 0 unspecified atom stereocenters. The molecule has 1 aromatic heterocycles. The van der Waals surface area contributed by atoms with Gasteiger partial charge in [-0.3, -0.25) is 10.1 Å². The summed E-state index contributed by atoms with van der Waals surface area (Å²) in [6, 6.07) is 5.03. The molecule has 2 aromatic rings. The summed E-state index contributed by atoms with van der Waals surface area (Å²) >= 11 is 12.1. The van der Waals surface area contributed by atoms with Crippen molar-refractivity contribution in [2.24, 2.45) is 0 Å². The fourth-order valence-electron chi connectivity index (χ4n) is 2.59. The zero-order valence-corrected chi connectivity index (χ0v) is 20.4. The number of amides is 1. The van der Waals surface area contributed by atoms with Crippen LogP contribution in [0.5, 0.6) is 5.75 Å². The topological polar surface area (TPSA) is 103 Å². The lowest BCUT2D eigenvalue weighted by Gasteiger charge is -2.11. The van der Waals surface area contributed by atoms with E-state index < -0.39 is 17.8 Å². The second kappa shape index (κ2) is 11.8. The summed E-state index contributed by atoms with van der Waals surface area (Å²) in [6.45, 7) is 6.86. The molecule has 1 amide bonds. The first-order valence-corrected chi connectivity index (χ1v) is 11.3. The summed E-state index contributed by atoms with van der Waals surface area (Å²) in [5.74, 6) is -1.20. The molecule has 2 N–H and O–H groups in total. The van der Waals surface area contributed by atoms with Gasteiger partial charge in [0, 0.05) is 5.02 Å². The number of hydrogen-bond donors (Lipinski definition) is 2. The fraction of sp³-hybridized carbons (Fsp3) is 0.333. The minimum absolute atomic E-state index is 0.0619. The van der Waals surface area contributed by atoms with E-state index in [1.807, 2.05) is 6.92 Å². The highest BCUT2D eigenvalue weighted by Crippen LogP contribution is 2.34. The van der Waals surface area contributed by atoms with E-state index in [0.29, 0.717) is 16.3 Å². The second-order valence-corrected chi connectivity index (χ2v) is 8.24. The average molecular weight is 499 g/mol. The lowest BCUT2D eigenvalue weighted by molar-refractivity contribution is -0.121. The number of hydrogen-bond acceptors (Lipinski definition) is 8. The molecule has 0 aliphatic carbocycles. The predicted octanol–water partition coefficient (Wildman–Crippen LogP) is 4.26. The van der Waals surface area contributed by atoms with Crippen LogP contribution in [-0.4, -0.2) is 42.8 Å². The summed E-state index contributed by atoms with van der Waals surface area (Å²) < 4.78 is 15.6. The summed E-state index contributed by atoms with van der Waals surface area (Å²) in [5, 5.41) is 6.07. The van der Waals surface area contributed by atoms with Gasteiger partial charge in [0.1, 0.15) is 15.6 Å². The molecule has 0 spiro atoms. The molecule has 0 saturated carbocycles. The number of carbonyl (C=O) groups excluding carboxylic acids is 3. The van der Waals surface area contributed by atoms with Crippen LogP contribution < -0.4 is 15.4 Å². The van der Waals surface area contributed by atoms with Crippen LogP contribution >= 0.6 is 35.2 Å². The van der Waals surface area contributed by atoms with E-state index in [4.69, 9.17) is 38.0 Å². The Kier molecular flexibility index (Phi) is 9.42. The number of anilines is 1. The maximum atomic E-state index is 12.4. The molecule has 0 bridgehead atoms. The summed E-state index contributed by atoms with van der Waals surface area (Å²) in [6.07, 6.45) is 0. The smallest absolute Gasteiger partial charge is 0.348 e. The number of benzene rings is 1. The third-order valence-corrected chi connectivity index (χ3v) is 5.88. The minimum atomic E-state index is -0.616. The van der Waals surface area contributed by atoms with E-state index in [-0.39, 0.29) is 40.4 Å². The van der Waals surface area contributed by atoms with E-state index in [9.17, 15) is 14.4 Å². The number of ether oxygens (including phenoxy) is 3. The lowest BCUT2D eigenvalue weighted by atomic mass is 10.1. The quantitative estimate of drug-likeness (QED) is 0.411. The van der Waals surface area contributed by atoms with E-state index in [1.54, 1.807) is 39.0 Å². The zero-order chi connectivity index (χ0) is 23.8. The van der Waals surface area contributed by atoms with Crippen LogP contribution in [0.2, 0.25) is 5.02 Å². The van der Waals surface area contributed by atoms with Crippen molar-refractivity contribution < 1.29 is 28.6 Å². The van der Waals surface area contributed by atoms with Gasteiger partial charge in [0.2, 0.25) is 0 Å². The molecule has 0 aliphatic heterocycles. The highest BCUT2D eigenvalue weighted by Gasteiger charge is 2.27. The summed E-state index contributed by atoms with van der Waals surface area (Å²) in [7, 11) is 0. The molecule has 0 aliphatic rings. The van der Waals surface area contributed by atoms with Crippen LogP contribution in [0.4, 0.5) is 5.00 Å². The lowest BCUT2D eigenvalue weighted by Crippen LogP contribution is -2.37. The van der Waals surface area contributed by atoms with Gasteiger partial charge in [-0.25, -0.2) is 9.59 Å². The highest BCUT2D eigenvalue weighted by molar-refractivity contribution is 7.80. The van der Waals surface area contributed by atoms with Crippen LogP contribution in [0.3, 0.4) is 0 Å². The van der Waals surface area contributed by atoms with Crippen LogP contribution in [0, 0.1) is 13.8 Å². The second-order valence-electron chi connectivity index (χ2n) is 6.40. The Hall–Kier alpha value is -2.69. The van der Waals surface area contributed by atoms with Gasteiger partial charge in [-0.15, -0.1) is 11.3 Å². The van der Waals surface area contributed by atoms with E-state index in [0.717, 1.165) is 16.9 Å². The van der Waals surface area contributed by atoms with Gasteiger partial charge in [0.05, 0.1) is 18.8 Å². The van der Waals surface area contributed by atoms with Gasteiger partial charge in [-0.1, -0.05) is 11.6 Å². The standard InChI is InChI=1S/C21H23ClN2O6S2/c1-5-28-19(26)16-12(4)17(20(27)29-6-2)32-18(16)24-21(31)23-15(25)10-30-13-7-8-14(22)11(3)9-13/h7-9H,5-6,10H2,1-4H3,(H2,23,24,25,31). The molecular formula is C21H23ClN2O6S2. The summed E-state index contributed by atoms with van der Waals surface area (Å²) in [5.41, 5.74) is 1.38. The third-order valence-electron chi connectivity index (χ3n) is 4.07. The number of carbonyl (C=O) groups is 3. The van der Waals surface area contributed by atoms with Crippen molar-refractivity contribution in [1.82, 2.24) is 5.32 Å². The highest BCUT2D eigenvalue weighted by atomic mass is 35.5. The summed E-state index contributed by atoms with van der Waals surface area (Å²) in [4.78, 5) is 37.1. The van der Waals surface area contributed by atoms with Gasteiger partial charge in [-0.2, -0.15) is 0 Å². The van der Waals surface area contributed by atoms with Crippen molar-refractivity contribution in [1.29, 1.82) is 0 Å². The van der Waals surface area contributed by atoms with Crippen molar-refractivity contribution in [3.05, 3.63) is 44.8 Å². The number of thiocarbonyl (C=S) groups is 1. The van der Waals surface area contributed by atoms with Gasteiger partial charge >= 0.3 is 11.9 Å². The molecule has 1 aromatic carbocycles. The van der Waals surface area contributed by atoms with Crippen LogP contribution in [0.25, 0.3) is 0 Å². The Balaban J connectivity index is 2.09. The molecule has 1 heterocycles. The van der Waals surface area contributed by atoms with Crippen molar-refractivity contribution in [2.45, 2.75) is 27.7 Å². The Bertz CT molecular complexity index is 1040. The molecule has 0 atom stereocenters. The molecule has 2 rings (SSSR count). The zero-order valence-electron chi connectivity index (χ0n) is 18.0. The first kappa shape index (κ1) is 25.6. The number of esters is 2. The Morgan fingerprint density at radius 2 is 1.75 bits per heavy atom. The number of rotatable bonds is 8. The van der Waals surface area contributed by atoms with Gasteiger partial charge in [0.25, 0.3) is 5.91 Å². The molecule has 0 fully saturated rings. The predicted molar refractivity (Wildman–Crippen MR) is 127 cm³/mol. The molecule has 172 valence electrons. The van der Waals surface area contributed by atoms with Crippen LogP contribution in [0.1, 0.15) is 45.0 Å². The maximum absolute atomic E-state index is 12.4. The molecule has 32 heavy (non-hydrogen) atoms. The Morgan fingerprint density at radius 1 is 1.09 bits per heavy atom. The number of thiophene rings is 1. The molecule has 8 nitrogen and oxygen atoms in total. The van der Waals surface area contributed by atoms with E-state index in [1.165, 1.54) is 0 Å². The maximum Gasteiger partial charge on any atom is 0.348 e. The molecule has 11 heteroatoms. The number of halogens is 1. The van der Waals surface area contributed by atoms with E-state index >= 15 is 0 Å². The van der Waals surface area contributed by atoms with Crippen molar-refractivity contribution in [3.8, 4) is 5.75 Å². The fourth-order valence-corrected chi connectivity index (χ4v) is 4.09. The largest absolute Gasteiger partial charge is 0.484 e. The Labute approximate surface area is 200 Å². The third kappa shape index (κ3) is 6.65. The molecule has 0 saturated heterocycles. The first-order valence-electron chi connectivity index (χ1n) is 9.65. The van der Waals surface area contributed by atoms with Crippen molar-refractivity contribution in [3.63, 3.8) is 0 Å². The van der Waals surface area contributed by atoms with E-state index in [2.05, 4.69) is 10.6 Å². The monoisotopic (exact) mass is 498 g/mol. The van der Waals surface area contributed by atoms with Gasteiger partial charge in [-0.05, 0) is 69.2 Å². The van der Waals surface area contributed by atoms with Crippen LogP contribution in [-0.2, 0) is 14.3 Å². The average Bonchev–Trinajstić information content (AvgIpc) is 3.05. The normalized spacial score (nSPS) is 10.3.